The molecule has 0 bridgehead atoms. The predicted molar refractivity (Wildman–Crippen MR) is 100.0 cm³/mol. The highest BCUT2D eigenvalue weighted by Gasteiger charge is 2.32. The third-order valence-corrected chi connectivity index (χ3v) is 3.94. The molecule has 2 aromatic carbocycles. The van der Waals surface area contributed by atoms with Crippen molar-refractivity contribution < 1.29 is 9.53 Å². The molecule has 1 N–H and O–H groups in total. The number of benzene rings is 2. The van der Waals surface area contributed by atoms with Gasteiger partial charge in [-0.15, -0.1) is 0 Å². The first-order valence-electron chi connectivity index (χ1n) is 7.76. The van der Waals surface area contributed by atoms with Gasteiger partial charge in [-0.25, -0.2) is 0 Å². The van der Waals surface area contributed by atoms with Gasteiger partial charge in [-0.1, -0.05) is 30.3 Å². The second-order valence-corrected chi connectivity index (χ2v) is 5.83. The first-order valence-corrected chi connectivity index (χ1v) is 8.16. The molecule has 0 spiro atoms. The molecular formula is C19H18N2O2S. The van der Waals surface area contributed by atoms with E-state index in [0.29, 0.717) is 17.4 Å². The van der Waals surface area contributed by atoms with E-state index in [1.165, 1.54) is 4.90 Å². The third-order valence-electron chi connectivity index (χ3n) is 3.66. The van der Waals surface area contributed by atoms with Gasteiger partial charge in [0.2, 0.25) is 0 Å². The van der Waals surface area contributed by atoms with Crippen LogP contribution in [0.1, 0.15) is 18.1 Å². The first kappa shape index (κ1) is 16.2. The lowest BCUT2D eigenvalue weighted by molar-refractivity contribution is -0.113. The fourth-order valence-corrected chi connectivity index (χ4v) is 2.88. The van der Waals surface area contributed by atoms with Crippen LogP contribution in [0.2, 0.25) is 0 Å². The third kappa shape index (κ3) is 3.16. The van der Waals surface area contributed by atoms with Crippen molar-refractivity contribution in [2.75, 3.05) is 11.5 Å². The summed E-state index contributed by atoms with van der Waals surface area (Å²) in [5.41, 5.74) is 3.11. The minimum atomic E-state index is -0.170. The maximum Gasteiger partial charge on any atom is 0.281 e. The van der Waals surface area contributed by atoms with Crippen LogP contribution in [0.4, 0.5) is 5.69 Å². The number of nitrogens with zero attached hydrogens (tertiary/aromatic N) is 1. The molecule has 3 rings (SSSR count). The molecule has 5 heteroatoms. The lowest BCUT2D eigenvalue weighted by Crippen LogP contribution is -2.30. The SMILES string of the molecule is CCOc1ccccc1/C=C1\NC(=S)N(c2cccc(C)c2)C1=O. The van der Waals surface area contributed by atoms with E-state index in [4.69, 9.17) is 17.0 Å². The zero-order chi connectivity index (χ0) is 17.1. The topological polar surface area (TPSA) is 41.6 Å². The Labute approximate surface area is 146 Å². The normalized spacial score (nSPS) is 15.8. The van der Waals surface area contributed by atoms with Crippen LogP contribution in [-0.2, 0) is 4.79 Å². The number of hydrogen-bond donors (Lipinski definition) is 1. The zero-order valence-electron chi connectivity index (χ0n) is 13.6. The molecule has 122 valence electrons. The molecule has 0 saturated carbocycles. The average Bonchev–Trinajstić information content (AvgIpc) is 2.83. The van der Waals surface area contributed by atoms with Gasteiger partial charge in [0.1, 0.15) is 11.4 Å². The highest BCUT2D eigenvalue weighted by atomic mass is 32.1. The van der Waals surface area contributed by atoms with Crippen molar-refractivity contribution in [3.63, 3.8) is 0 Å². The molecule has 0 aromatic heterocycles. The van der Waals surface area contributed by atoms with Crippen LogP contribution < -0.4 is 15.0 Å². The summed E-state index contributed by atoms with van der Waals surface area (Å²) in [5, 5.41) is 3.38. The van der Waals surface area contributed by atoms with Crippen molar-refractivity contribution in [1.82, 2.24) is 5.32 Å². The van der Waals surface area contributed by atoms with Crippen molar-refractivity contribution in [1.29, 1.82) is 0 Å². The van der Waals surface area contributed by atoms with E-state index in [2.05, 4.69) is 5.32 Å². The number of nitrogens with one attached hydrogen (secondary N) is 1. The van der Waals surface area contributed by atoms with Gasteiger partial charge in [-0.05, 0) is 55.9 Å². The summed E-state index contributed by atoms with van der Waals surface area (Å²) in [5.74, 6) is 0.568. The van der Waals surface area contributed by atoms with Gasteiger partial charge in [0.05, 0.1) is 12.3 Å². The van der Waals surface area contributed by atoms with Crippen molar-refractivity contribution in [3.05, 3.63) is 65.4 Å². The summed E-state index contributed by atoms with van der Waals surface area (Å²) in [4.78, 5) is 14.3. The van der Waals surface area contributed by atoms with Crippen LogP contribution in [-0.4, -0.2) is 17.6 Å². The second kappa shape index (κ2) is 6.84. The number of amides is 1. The first-order chi connectivity index (χ1) is 11.6. The molecule has 2 aromatic rings. The van der Waals surface area contributed by atoms with E-state index in [-0.39, 0.29) is 5.91 Å². The summed E-state index contributed by atoms with van der Waals surface area (Å²) in [6.45, 7) is 4.47. The van der Waals surface area contributed by atoms with E-state index < -0.39 is 0 Å². The zero-order valence-corrected chi connectivity index (χ0v) is 14.4. The van der Waals surface area contributed by atoms with Crippen molar-refractivity contribution in [2.24, 2.45) is 0 Å². The molecule has 1 aliphatic heterocycles. The largest absolute Gasteiger partial charge is 0.493 e. The molecule has 0 unspecified atom stereocenters. The van der Waals surface area contributed by atoms with Crippen molar-refractivity contribution in [2.45, 2.75) is 13.8 Å². The van der Waals surface area contributed by atoms with E-state index >= 15 is 0 Å². The van der Waals surface area contributed by atoms with Gasteiger partial charge >= 0.3 is 0 Å². The fourth-order valence-electron chi connectivity index (χ4n) is 2.58. The van der Waals surface area contributed by atoms with Crippen molar-refractivity contribution >= 4 is 35.0 Å². The van der Waals surface area contributed by atoms with Crippen LogP contribution in [0.5, 0.6) is 5.75 Å². The average molecular weight is 338 g/mol. The molecule has 0 atom stereocenters. The Balaban J connectivity index is 1.94. The molecule has 0 radical (unpaired) electrons. The lowest BCUT2D eigenvalue weighted by atomic mass is 10.1. The highest BCUT2D eigenvalue weighted by Crippen LogP contribution is 2.26. The Bertz CT molecular complexity index is 830. The van der Waals surface area contributed by atoms with Gasteiger partial charge in [-0.2, -0.15) is 0 Å². The highest BCUT2D eigenvalue weighted by molar-refractivity contribution is 7.80. The van der Waals surface area contributed by atoms with Crippen LogP contribution in [0.25, 0.3) is 6.08 Å². The molecule has 4 nitrogen and oxygen atoms in total. The molecule has 24 heavy (non-hydrogen) atoms. The number of anilines is 1. The Morgan fingerprint density at radius 2 is 2.00 bits per heavy atom. The molecule has 1 saturated heterocycles. The van der Waals surface area contributed by atoms with Crippen LogP contribution in [0.15, 0.2) is 54.2 Å². The van der Waals surface area contributed by atoms with Gasteiger partial charge < -0.3 is 10.1 Å². The van der Waals surface area contributed by atoms with Crippen LogP contribution in [0.3, 0.4) is 0 Å². The summed E-state index contributed by atoms with van der Waals surface area (Å²) in [7, 11) is 0. The Hall–Kier alpha value is -2.66. The minimum absolute atomic E-state index is 0.170. The van der Waals surface area contributed by atoms with E-state index in [0.717, 1.165) is 22.6 Å². The minimum Gasteiger partial charge on any atom is -0.493 e. The van der Waals surface area contributed by atoms with Crippen LogP contribution in [0, 0.1) is 6.92 Å². The second-order valence-electron chi connectivity index (χ2n) is 5.44. The summed E-state index contributed by atoms with van der Waals surface area (Å²) >= 11 is 5.34. The van der Waals surface area contributed by atoms with Gasteiger partial charge in [0.15, 0.2) is 5.11 Å². The molecule has 1 aliphatic rings. The summed E-state index contributed by atoms with van der Waals surface area (Å²) in [6, 6.07) is 15.3. The molecule has 1 fully saturated rings. The summed E-state index contributed by atoms with van der Waals surface area (Å²) < 4.78 is 5.61. The Morgan fingerprint density at radius 1 is 1.21 bits per heavy atom. The maximum absolute atomic E-state index is 12.8. The predicted octanol–water partition coefficient (Wildman–Crippen LogP) is 3.66. The van der Waals surface area contributed by atoms with Gasteiger partial charge in [0.25, 0.3) is 5.91 Å². The number of para-hydroxylation sites is 1. The Kier molecular flexibility index (Phi) is 4.62. The standard InChI is InChI=1S/C19H18N2O2S/c1-3-23-17-10-5-4-8-14(17)12-16-18(22)21(19(24)20-16)15-9-6-7-13(2)11-15/h4-12H,3H2,1-2H3,(H,20,24)/b16-12-. The monoisotopic (exact) mass is 338 g/mol. The van der Waals surface area contributed by atoms with Gasteiger partial charge in [-0.3, -0.25) is 9.69 Å². The molecular weight excluding hydrogens is 320 g/mol. The van der Waals surface area contributed by atoms with Gasteiger partial charge in [0, 0.05) is 5.56 Å². The molecule has 0 aliphatic carbocycles. The number of carbonyl (C=O) groups excluding carboxylic acids is 1. The lowest BCUT2D eigenvalue weighted by Gasteiger charge is -2.14. The van der Waals surface area contributed by atoms with Crippen molar-refractivity contribution in [3.8, 4) is 5.75 Å². The maximum atomic E-state index is 12.8. The Morgan fingerprint density at radius 3 is 2.75 bits per heavy atom. The number of ether oxygens (including phenoxy) is 1. The number of aryl methyl sites for hydroxylation is 1. The number of carbonyl (C=O) groups is 1. The fraction of sp³-hybridized carbons (Fsp3) is 0.158. The number of hydrogen-bond acceptors (Lipinski definition) is 3. The number of rotatable bonds is 4. The smallest absolute Gasteiger partial charge is 0.281 e. The molecule has 1 heterocycles. The van der Waals surface area contributed by atoms with Crippen LogP contribution >= 0.6 is 12.2 Å². The summed E-state index contributed by atoms with van der Waals surface area (Å²) in [6.07, 6.45) is 1.77. The van der Waals surface area contributed by atoms with E-state index in [1.54, 1.807) is 6.08 Å². The van der Waals surface area contributed by atoms with E-state index in [1.807, 2.05) is 62.4 Å². The van der Waals surface area contributed by atoms with E-state index in [9.17, 15) is 4.79 Å². The number of thiocarbonyl (C=S) groups is 1. The quantitative estimate of drug-likeness (QED) is 0.682. The molecule has 1 amide bonds.